The number of ether oxygens (including phenoxy) is 1. The molecule has 0 heterocycles. The Morgan fingerprint density at radius 1 is 1.12 bits per heavy atom. The summed E-state index contributed by atoms with van der Waals surface area (Å²) >= 11 is 0. The van der Waals surface area contributed by atoms with Crippen molar-refractivity contribution in [1.29, 1.82) is 0 Å². The molecule has 0 amide bonds. The van der Waals surface area contributed by atoms with Crippen LogP contribution in [-0.4, -0.2) is 19.2 Å². The number of likely N-dealkylation sites (N-methyl/N-ethyl adjacent to an activating group) is 1. The van der Waals surface area contributed by atoms with E-state index in [0.717, 1.165) is 5.75 Å². The largest absolute Gasteiger partial charge is 0.488 e. The zero-order valence-electron chi connectivity index (χ0n) is 11.1. The Bertz CT molecular complexity index is 355. The Kier molecular flexibility index (Phi) is 4.06. The highest BCUT2D eigenvalue weighted by atomic mass is 16.5. The minimum atomic E-state index is 0.327. The number of hydrogen-bond acceptors (Lipinski definition) is 2. The van der Waals surface area contributed by atoms with Crippen LogP contribution in [-0.2, 0) is 0 Å². The maximum atomic E-state index is 6.26. The molecule has 0 saturated heterocycles. The van der Waals surface area contributed by atoms with Gasteiger partial charge in [-0.2, -0.15) is 0 Å². The van der Waals surface area contributed by atoms with Gasteiger partial charge in [-0.05, 0) is 51.3 Å². The first kappa shape index (κ1) is 12.4. The lowest BCUT2D eigenvalue weighted by atomic mass is 9.92. The van der Waals surface area contributed by atoms with Crippen LogP contribution in [0.25, 0.3) is 0 Å². The first-order valence-electron chi connectivity index (χ1n) is 6.62. The molecule has 1 aliphatic carbocycles. The Hall–Kier alpha value is -1.02. The maximum absolute atomic E-state index is 6.26. The molecule has 0 aliphatic heterocycles. The van der Waals surface area contributed by atoms with Crippen LogP contribution in [0.4, 0.5) is 0 Å². The molecule has 1 saturated carbocycles. The average Bonchev–Trinajstić information content (AvgIpc) is 2.34. The summed E-state index contributed by atoms with van der Waals surface area (Å²) in [6, 6.07) is 6.84. The van der Waals surface area contributed by atoms with E-state index in [4.69, 9.17) is 4.74 Å². The van der Waals surface area contributed by atoms with Crippen molar-refractivity contribution in [2.45, 2.75) is 51.7 Å². The lowest BCUT2D eigenvalue weighted by Gasteiger charge is -2.32. The maximum Gasteiger partial charge on any atom is 0.125 e. The standard InChI is InChI=1S/C15H23NO/c1-11-7-6-8-12(2)15(11)17-14-10-5-4-9-13(14)16-3/h6-8,13-14,16H,4-5,9-10H2,1-3H3. The van der Waals surface area contributed by atoms with Gasteiger partial charge in [0.05, 0.1) is 0 Å². The number of nitrogens with one attached hydrogen (secondary N) is 1. The third kappa shape index (κ3) is 2.81. The van der Waals surface area contributed by atoms with Gasteiger partial charge in [-0.25, -0.2) is 0 Å². The monoisotopic (exact) mass is 233 g/mol. The smallest absolute Gasteiger partial charge is 0.125 e. The van der Waals surface area contributed by atoms with Crippen LogP contribution in [0.2, 0.25) is 0 Å². The second-order valence-corrected chi connectivity index (χ2v) is 5.06. The number of benzene rings is 1. The molecule has 1 aromatic carbocycles. The predicted molar refractivity (Wildman–Crippen MR) is 71.6 cm³/mol. The molecule has 2 heteroatoms. The van der Waals surface area contributed by atoms with Gasteiger partial charge in [0.15, 0.2) is 0 Å². The molecule has 2 nitrogen and oxygen atoms in total. The van der Waals surface area contributed by atoms with Gasteiger partial charge in [-0.1, -0.05) is 24.6 Å². The van der Waals surface area contributed by atoms with Crippen LogP contribution in [0.1, 0.15) is 36.8 Å². The van der Waals surface area contributed by atoms with Crippen molar-refractivity contribution in [3.63, 3.8) is 0 Å². The Labute approximate surface area is 104 Å². The molecule has 94 valence electrons. The van der Waals surface area contributed by atoms with E-state index < -0.39 is 0 Å². The molecule has 2 atom stereocenters. The van der Waals surface area contributed by atoms with Crippen molar-refractivity contribution in [2.75, 3.05) is 7.05 Å². The molecule has 1 aliphatic rings. The second kappa shape index (κ2) is 5.54. The summed E-state index contributed by atoms with van der Waals surface area (Å²) < 4.78 is 6.26. The Balaban J connectivity index is 2.13. The zero-order chi connectivity index (χ0) is 12.3. The van der Waals surface area contributed by atoms with E-state index in [2.05, 4.69) is 37.4 Å². The Morgan fingerprint density at radius 2 is 1.76 bits per heavy atom. The first-order valence-corrected chi connectivity index (χ1v) is 6.62. The quantitative estimate of drug-likeness (QED) is 0.865. The number of hydrogen-bond donors (Lipinski definition) is 1. The highest BCUT2D eigenvalue weighted by molar-refractivity contribution is 5.40. The highest BCUT2D eigenvalue weighted by Crippen LogP contribution is 2.28. The topological polar surface area (TPSA) is 21.3 Å². The van der Waals surface area contributed by atoms with E-state index in [1.807, 2.05) is 7.05 Å². The number of para-hydroxylation sites is 1. The normalized spacial score (nSPS) is 24.6. The fraction of sp³-hybridized carbons (Fsp3) is 0.600. The number of aryl methyl sites for hydroxylation is 2. The molecule has 0 aromatic heterocycles. The molecular formula is C15H23NO. The summed E-state index contributed by atoms with van der Waals surface area (Å²) in [6.07, 6.45) is 5.32. The van der Waals surface area contributed by atoms with Crippen LogP contribution in [0.15, 0.2) is 18.2 Å². The van der Waals surface area contributed by atoms with Crippen LogP contribution >= 0.6 is 0 Å². The van der Waals surface area contributed by atoms with Crippen LogP contribution in [0.3, 0.4) is 0 Å². The molecule has 0 spiro atoms. The van der Waals surface area contributed by atoms with Gasteiger partial charge in [0.1, 0.15) is 11.9 Å². The molecule has 1 N–H and O–H groups in total. The van der Waals surface area contributed by atoms with Gasteiger partial charge < -0.3 is 10.1 Å². The van der Waals surface area contributed by atoms with Crippen molar-refractivity contribution in [3.8, 4) is 5.75 Å². The fourth-order valence-electron chi connectivity index (χ4n) is 2.70. The number of rotatable bonds is 3. The van der Waals surface area contributed by atoms with Crippen molar-refractivity contribution < 1.29 is 4.74 Å². The highest BCUT2D eigenvalue weighted by Gasteiger charge is 2.26. The predicted octanol–water partition coefficient (Wildman–Crippen LogP) is 3.21. The van der Waals surface area contributed by atoms with Gasteiger partial charge in [-0.3, -0.25) is 0 Å². The summed E-state index contributed by atoms with van der Waals surface area (Å²) in [5.74, 6) is 1.08. The SMILES string of the molecule is CNC1CCCCC1Oc1c(C)cccc1C. The van der Waals surface area contributed by atoms with Crippen LogP contribution in [0, 0.1) is 13.8 Å². The van der Waals surface area contributed by atoms with E-state index >= 15 is 0 Å². The van der Waals surface area contributed by atoms with E-state index in [-0.39, 0.29) is 0 Å². The lowest BCUT2D eigenvalue weighted by Crippen LogP contribution is -2.43. The van der Waals surface area contributed by atoms with Gasteiger partial charge in [0.25, 0.3) is 0 Å². The van der Waals surface area contributed by atoms with Crippen LogP contribution in [0.5, 0.6) is 5.75 Å². The molecule has 17 heavy (non-hydrogen) atoms. The average molecular weight is 233 g/mol. The van der Waals surface area contributed by atoms with E-state index in [1.54, 1.807) is 0 Å². The van der Waals surface area contributed by atoms with Crippen molar-refractivity contribution >= 4 is 0 Å². The molecule has 0 radical (unpaired) electrons. The van der Waals surface area contributed by atoms with Gasteiger partial charge in [0.2, 0.25) is 0 Å². The van der Waals surface area contributed by atoms with E-state index in [0.29, 0.717) is 12.1 Å². The van der Waals surface area contributed by atoms with E-state index in [9.17, 15) is 0 Å². The summed E-state index contributed by atoms with van der Waals surface area (Å²) in [4.78, 5) is 0. The van der Waals surface area contributed by atoms with Crippen molar-refractivity contribution in [2.24, 2.45) is 0 Å². The third-order valence-corrected chi connectivity index (χ3v) is 3.75. The van der Waals surface area contributed by atoms with Crippen LogP contribution < -0.4 is 10.1 Å². The van der Waals surface area contributed by atoms with E-state index in [1.165, 1.54) is 36.8 Å². The second-order valence-electron chi connectivity index (χ2n) is 5.06. The summed E-state index contributed by atoms with van der Waals surface area (Å²) in [5, 5.41) is 3.39. The minimum Gasteiger partial charge on any atom is -0.488 e. The van der Waals surface area contributed by atoms with Gasteiger partial charge in [-0.15, -0.1) is 0 Å². The Morgan fingerprint density at radius 3 is 2.41 bits per heavy atom. The molecular weight excluding hydrogens is 210 g/mol. The molecule has 1 fully saturated rings. The van der Waals surface area contributed by atoms with Gasteiger partial charge in [0, 0.05) is 6.04 Å². The first-order chi connectivity index (χ1) is 8.22. The minimum absolute atomic E-state index is 0.327. The van der Waals surface area contributed by atoms with Crippen molar-refractivity contribution in [3.05, 3.63) is 29.3 Å². The van der Waals surface area contributed by atoms with Gasteiger partial charge >= 0.3 is 0 Å². The zero-order valence-corrected chi connectivity index (χ0v) is 11.1. The molecule has 0 bridgehead atoms. The summed E-state index contributed by atoms with van der Waals surface area (Å²) in [5.41, 5.74) is 2.48. The lowest BCUT2D eigenvalue weighted by molar-refractivity contribution is 0.116. The molecule has 2 unspecified atom stereocenters. The molecule has 2 rings (SSSR count). The molecule has 1 aromatic rings. The fourth-order valence-corrected chi connectivity index (χ4v) is 2.70. The van der Waals surface area contributed by atoms with Crippen molar-refractivity contribution in [1.82, 2.24) is 5.32 Å². The summed E-state index contributed by atoms with van der Waals surface area (Å²) in [7, 11) is 2.04. The summed E-state index contributed by atoms with van der Waals surface area (Å²) in [6.45, 7) is 4.25. The third-order valence-electron chi connectivity index (χ3n) is 3.75.